The van der Waals surface area contributed by atoms with Gasteiger partial charge in [0, 0.05) is 12.3 Å². The first-order chi connectivity index (χ1) is 7.33. The zero-order valence-corrected chi connectivity index (χ0v) is 9.54. The van der Waals surface area contributed by atoms with Crippen LogP contribution < -0.4 is 5.73 Å². The van der Waals surface area contributed by atoms with Gasteiger partial charge in [-0.1, -0.05) is 38.3 Å². The normalized spacial score (nSPS) is 10.5. The van der Waals surface area contributed by atoms with Gasteiger partial charge in [-0.3, -0.25) is 0 Å². The smallest absolute Gasteiger partial charge is 0.0716 e. The fourth-order valence-electron chi connectivity index (χ4n) is 1.43. The van der Waals surface area contributed by atoms with Crippen LogP contribution in [0.25, 0.3) is 0 Å². The molecule has 84 valence electrons. The Morgan fingerprint density at radius 1 is 1.07 bits per heavy atom. The predicted octanol–water partition coefficient (Wildman–Crippen LogP) is 3.37. The van der Waals surface area contributed by atoms with Crippen LogP contribution in [0.3, 0.4) is 0 Å². The van der Waals surface area contributed by atoms with Crippen LogP contribution in [0.5, 0.6) is 0 Å². The third-order valence-electron chi connectivity index (χ3n) is 2.39. The van der Waals surface area contributed by atoms with Gasteiger partial charge in [-0.15, -0.1) is 0 Å². The van der Waals surface area contributed by atoms with Crippen LogP contribution in [-0.2, 0) is 11.3 Å². The zero-order valence-electron chi connectivity index (χ0n) is 9.54. The van der Waals surface area contributed by atoms with E-state index in [-0.39, 0.29) is 0 Å². The first kappa shape index (κ1) is 12.1. The SMILES string of the molecule is CCCCCCOCc1ccc(N)cc1. The molecule has 2 heteroatoms. The second-order valence-electron chi connectivity index (χ2n) is 3.85. The highest BCUT2D eigenvalue weighted by Gasteiger charge is 1.93. The molecule has 0 bridgehead atoms. The van der Waals surface area contributed by atoms with Gasteiger partial charge in [0.05, 0.1) is 6.61 Å². The Kier molecular flexibility index (Phi) is 5.86. The quantitative estimate of drug-likeness (QED) is 0.549. The molecule has 0 heterocycles. The summed E-state index contributed by atoms with van der Waals surface area (Å²) in [5.74, 6) is 0. The van der Waals surface area contributed by atoms with E-state index >= 15 is 0 Å². The summed E-state index contributed by atoms with van der Waals surface area (Å²) < 4.78 is 5.57. The summed E-state index contributed by atoms with van der Waals surface area (Å²) in [6.07, 6.45) is 5.03. The van der Waals surface area contributed by atoms with Crippen LogP contribution in [0.4, 0.5) is 5.69 Å². The van der Waals surface area contributed by atoms with Crippen molar-refractivity contribution in [1.82, 2.24) is 0 Å². The summed E-state index contributed by atoms with van der Waals surface area (Å²) in [4.78, 5) is 0. The van der Waals surface area contributed by atoms with Crippen molar-refractivity contribution in [3.63, 3.8) is 0 Å². The van der Waals surface area contributed by atoms with Crippen molar-refractivity contribution in [2.24, 2.45) is 0 Å². The molecule has 2 N–H and O–H groups in total. The molecule has 0 atom stereocenters. The lowest BCUT2D eigenvalue weighted by molar-refractivity contribution is 0.117. The Balaban J connectivity index is 2.07. The van der Waals surface area contributed by atoms with Gasteiger partial charge in [0.2, 0.25) is 0 Å². The highest BCUT2D eigenvalue weighted by molar-refractivity contribution is 5.39. The second kappa shape index (κ2) is 7.30. The van der Waals surface area contributed by atoms with Crippen LogP contribution in [0.1, 0.15) is 38.2 Å². The van der Waals surface area contributed by atoms with Crippen molar-refractivity contribution >= 4 is 5.69 Å². The van der Waals surface area contributed by atoms with E-state index in [2.05, 4.69) is 6.92 Å². The van der Waals surface area contributed by atoms with Crippen molar-refractivity contribution in [3.05, 3.63) is 29.8 Å². The molecule has 0 saturated carbocycles. The van der Waals surface area contributed by atoms with Gasteiger partial charge < -0.3 is 10.5 Å². The van der Waals surface area contributed by atoms with Gasteiger partial charge in [0.25, 0.3) is 0 Å². The summed E-state index contributed by atoms with van der Waals surface area (Å²) >= 11 is 0. The number of benzene rings is 1. The summed E-state index contributed by atoms with van der Waals surface area (Å²) in [5, 5.41) is 0. The van der Waals surface area contributed by atoms with Crippen LogP contribution in [0, 0.1) is 0 Å². The maximum Gasteiger partial charge on any atom is 0.0716 e. The molecule has 1 rings (SSSR count). The van der Waals surface area contributed by atoms with E-state index < -0.39 is 0 Å². The molecule has 2 nitrogen and oxygen atoms in total. The molecule has 0 aliphatic carbocycles. The molecule has 1 aromatic carbocycles. The maximum atomic E-state index is 5.60. The molecule has 0 aliphatic rings. The molecule has 0 fully saturated rings. The van der Waals surface area contributed by atoms with Gasteiger partial charge in [-0.2, -0.15) is 0 Å². The fourth-order valence-corrected chi connectivity index (χ4v) is 1.43. The van der Waals surface area contributed by atoms with Gasteiger partial charge in [-0.05, 0) is 24.1 Å². The average Bonchev–Trinajstić information content (AvgIpc) is 2.26. The maximum absolute atomic E-state index is 5.60. The number of nitrogens with two attached hydrogens (primary N) is 1. The minimum atomic E-state index is 0.701. The predicted molar refractivity (Wildman–Crippen MR) is 64.7 cm³/mol. The standard InChI is InChI=1S/C13H21NO/c1-2-3-4-5-10-15-11-12-6-8-13(14)9-7-12/h6-9H,2-5,10-11,14H2,1H3. The summed E-state index contributed by atoms with van der Waals surface area (Å²) in [5.41, 5.74) is 7.60. The van der Waals surface area contributed by atoms with E-state index in [1.165, 1.54) is 31.2 Å². The zero-order chi connectivity index (χ0) is 10.9. The minimum absolute atomic E-state index is 0.701. The Hall–Kier alpha value is -1.02. The lowest BCUT2D eigenvalue weighted by Crippen LogP contribution is -1.96. The van der Waals surface area contributed by atoms with Gasteiger partial charge in [-0.25, -0.2) is 0 Å². The Morgan fingerprint density at radius 3 is 2.47 bits per heavy atom. The molecule has 1 aromatic rings. The van der Waals surface area contributed by atoms with Crippen molar-refractivity contribution in [2.45, 2.75) is 39.2 Å². The van der Waals surface area contributed by atoms with E-state index in [0.717, 1.165) is 12.3 Å². The molecule has 15 heavy (non-hydrogen) atoms. The second-order valence-corrected chi connectivity index (χ2v) is 3.85. The lowest BCUT2D eigenvalue weighted by atomic mass is 10.2. The fraction of sp³-hybridized carbons (Fsp3) is 0.538. The number of unbranched alkanes of at least 4 members (excludes halogenated alkanes) is 3. The van der Waals surface area contributed by atoms with E-state index in [9.17, 15) is 0 Å². The minimum Gasteiger partial charge on any atom is -0.399 e. The summed E-state index contributed by atoms with van der Waals surface area (Å²) in [6.45, 7) is 3.78. The molecule has 0 aliphatic heterocycles. The number of hydrogen-bond donors (Lipinski definition) is 1. The average molecular weight is 207 g/mol. The number of ether oxygens (including phenoxy) is 1. The number of anilines is 1. The largest absolute Gasteiger partial charge is 0.399 e. The highest BCUT2D eigenvalue weighted by atomic mass is 16.5. The van der Waals surface area contributed by atoms with Crippen molar-refractivity contribution in [2.75, 3.05) is 12.3 Å². The van der Waals surface area contributed by atoms with E-state index in [0.29, 0.717) is 6.61 Å². The molecular formula is C13H21NO. The third-order valence-corrected chi connectivity index (χ3v) is 2.39. The number of hydrogen-bond acceptors (Lipinski definition) is 2. The first-order valence-corrected chi connectivity index (χ1v) is 5.75. The van der Waals surface area contributed by atoms with Gasteiger partial charge >= 0.3 is 0 Å². The Labute approximate surface area is 92.4 Å². The highest BCUT2D eigenvalue weighted by Crippen LogP contribution is 2.07. The van der Waals surface area contributed by atoms with Gasteiger partial charge in [0.15, 0.2) is 0 Å². The Morgan fingerprint density at radius 2 is 1.80 bits per heavy atom. The molecule has 0 radical (unpaired) electrons. The lowest BCUT2D eigenvalue weighted by Gasteiger charge is -2.04. The van der Waals surface area contributed by atoms with Crippen LogP contribution >= 0.6 is 0 Å². The molecule has 0 spiro atoms. The summed E-state index contributed by atoms with van der Waals surface area (Å²) in [6, 6.07) is 7.86. The number of rotatable bonds is 7. The topological polar surface area (TPSA) is 35.2 Å². The molecule has 0 amide bonds. The molecule has 0 aromatic heterocycles. The van der Waals surface area contributed by atoms with Crippen LogP contribution in [-0.4, -0.2) is 6.61 Å². The number of nitrogen functional groups attached to an aromatic ring is 1. The van der Waals surface area contributed by atoms with Crippen LogP contribution in [0.15, 0.2) is 24.3 Å². The van der Waals surface area contributed by atoms with Crippen molar-refractivity contribution < 1.29 is 4.74 Å². The monoisotopic (exact) mass is 207 g/mol. The third kappa shape index (κ3) is 5.43. The van der Waals surface area contributed by atoms with Crippen LogP contribution in [0.2, 0.25) is 0 Å². The van der Waals surface area contributed by atoms with E-state index in [1.54, 1.807) is 0 Å². The van der Waals surface area contributed by atoms with Gasteiger partial charge in [0.1, 0.15) is 0 Å². The van der Waals surface area contributed by atoms with Crippen molar-refractivity contribution in [3.8, 4) is 0 Å². The Bertz CT molecular complexity index is 256. The molecule has 0 unspecified atom stereocenters. The van der Waals surface area contributed by atoms with E-state index in [1.807, 2.05) is 24.3 Å². The van der Waals surface area contributed by atoms with Crippen molar-refractivity contribution in [1.29, 1.82) is 0 Å². The first-order valence-electron chi connectivity index (χ1n) is 5.75. The summed E-state index contributed by atoms with van der Waals surface area (Å²) in [7, 11) is 0. The van der Waals surface area contributed by atoms with E-state index in [4.69, 9.17) is 10.5 Å². The molecule has 0 saturated heterocycles. The molecular weight excluding hydrogens is 186 g/mol.